The van der Waals surface area contributed by atoms with Crippen LogP contribution in [0.3, 0.4) is 0 Å². The van der Waals surface area contributed by atoms with E-state index in [1.165, 1.54) is 11.8 Å². The van der Waals surface area contributed by atoms with Crippen LogP contribution in [0, 0.1) is 6.92 Å². The van der Waals surface area contributed by atoms with Crippen LogP contribution < -0.4 is 0 Å². The van der Waals surface area contributed by atoms with Gasteiger partial charge in [-0.2, -0.15) is 0 Å². The fourth-order valence-electron chi connectivity index (χ4n) is 2.96. The van der Waals surface area contributed by atoms with E-state index < -0.39 is 0 Å². The molecule has 0 heterocycles. The summed E-state index contributed by atoms with van der Waals surface area (Å²) in [6.45, 7) is 2.54. The van der Waals surface area contributed by atoms with E-state index in [0.29, 0.717) is 25.0 Å². The van der Waals surface area contributed by atoms with Crippen molar-refractivity contribution in [2.75, 3.05) is 0 Å². The number of carbonyl (C=O) groups is 1. The molecule has 0 spiro atoms. The second-order valence-corrected chi connectivity index (χ2v) is 6.25. The van der Waals surface area contributed by atoms with E-state index in [1.54, 1.807) is 0 Å². The van der Waals surface area contributed by atoms with Crippen LogP contribution in [0.15, 0.2) is 70.9 Å². The Labute approximate surface area is 142 Å². The zero-order valence-corrected chi connectivity index (χ0v) is 13.8. The zero-order valence-electron chi connectivity index (χ0n) is 13.8. The summed E-state index contributed by atoms with van der Waals surface area (Å²) in [6, 6.07) is 18.0. The molecular formula is C21H21NO2. The number of nitrogens with zero attached hydrogens (tertiary/aromatic N) is 1. The van der Waals surface area contributed by atoms with E-state index in [2.05, 4.69) is 4.99 Å². The molecule has 3 heteroatoms. The Hall–Kier alpha value is -2.68. The van der Waals surface area contributed by atoms with Crippen molar-refractivity contribution < 1.29 is 9.90 Å². The molecule has 1 atom stereocenters. The molecule has 3 nitrogen and oxygen atoms in total. The standard InChI is InChI=1S/C21H21NO2/c1-15-7-9-17(10-8-15)18-11-20(23)19(21(24)12-18)14-22-13-16-5-3-2-4-6-16/h2-10,14,18,23H,11-13H2,1H3. The molecule has 2 aromatic rings. The number of hydrogen-bond acceptors (Lipinski definition) is 3. The monoisotopic (exact) mass is 319 g/mol. The Morgan fingerprint density at radius 1 is 1.08 bits per heavy atom. The average Bonchev–Trinajstić information content (AvgIpc) is 2.59. The minimum absolute atomic E-state index is 0.0406. The molecule has 1 unspecified atom stereocenters. The van der Waals surface area contributed by atoms with Gasteiger partial charge in [0.05, 0.1) is 12.1 Å². The molecule has 0 fully saturated rings. The summed E-state index contributed by atoms with van der Waals surface area (Å²) < 4.78 is 0. The van der Waals surface area contributed by atoms with Crippen LogP contribution in [0.2, 0.25) is 0 Å². The summed E-state index contributed by atoms with van der Waals surface area (Å²) in [6.07, 6.45) is 2.43. The molecule has 0 aromatic heterocycles. The van der Waals surface area contributed by atoms with Crippen LogP contribution in [0.1, 0.15) is 35.4 Å². The van der Waals surface area contributed by atoms with Gasteiger partial charge in [0.1, 0.15) is 5.76 Å². The maximum absolute atomic E-state index is 12.4. The Bertz CT molecular complexity index is 773. The Kier molecular flexibility index (Phi) is 4.90. The lowest BCUT2D eigenvalue weighted by Gasteiger charge is -2.22. The fourth-order valence-corrected chi connectivity index (χ4v) is 2.96. The van der Waals surface area contributed by atoms with Gasteiger partial charge in [0, 0.05) is 19.1 Å². The summed E-state index contributed by atoms with van der Waals surface area (Å²) in [5.74, 6) is 0.152. The van der Waals surface area contributed by atoms with Crippen molar-refractivity contribution in [3.05, 3.63) is 82.6 Å². The van der Waals surface area contributed by atoms with Crippen molar-refractivity contribution in [2.45, 2.75) is 32.2 Å². The smallest absolute Gasteiger partial charge is 0.168 e. The highest BCUT2D eigenvalue weighted by Crippen LogP contribution is 2.33. The van der Waals surface area contributed by atoms with Gasteiger partial charge in [0.25, 0.3) is 0 Å². The number of carbonyl (C=O) groups excluding carboxylic acids is 1. The number of aliphatic imine (C=N–C) groups is 1. The summed E-state index contributed by atoms with van der Waals surface area (Å²) in [7, 11) is 0. The summed E-state index contributed by atoms with van der Waals surface area (Å²) in [4.78, 5) is 16.7. The summed E-state index contributed by atoms with van der Waals surface area (Å²) >= 11 is 0. The van der Waals surface area contributed by atoms with Crippen molar-refractivity contribution in [3.8, 4) is 0 Å². The fraction of sp³-hybridized carbons (Fsp3) is 0.238. The molecule has 1 N–H and O–H groups in total. The average molecular weight is 319 g/mol. The van der Waals surface area contributed by atoms with Gasteiger partial charge in [0.15, 0.2) is 5.78 Å². The SMILES string of the molecule is Cc1ccc(C2CC(=O)C(C=NCc3ccccc3)=C(O)C2)cc1. The Morgan fingerprint density at radius 3 is 2.46 bits per heavy atom. The minimum atomic E-state index is -0.0406. The van der Waals surface area contributed by atoms with Crippen LogP contribution in [0.5, 0.6) is 0 Å². The second-order valence-electron chi connectivity index (χ2n) is 6.25. The molecule has 0 aliphatic heterocycles. The maximum atomic E-state index is 12.4. The number of aliphatic hydroxyl groups excluding tert-OH is 1. The van der Waals surface area contributed by atoms with Gasteiger partial charge in [-0.05, 0) is 24.0 Å². The summed E-state index contributed by atoms with van der Waals surface area (Å²) in [5, 5.41) is 10.3. The predicted molar refractivity (Wildman–Crippen MR) is 96.5 cm³/mol. The first kappa shape index (κ1) is 16.2. The van der Waals surface area contributed by atoms with Gasteiger partial charge in [-0.3, -0.25) is 9.79 Å². The molecule has 0 saturated heterocycles. The van der Waals surface area contributed by atoms with Crippen LogP contribution >= 0.6 is 0 Å². The van der Waals surface area contributed by atoms with Crippen molar-refractivity contribution in [2.24, 2.45) is 4.99 Å². The van der Waals surface area contributed by atoms with E-state index in [9.17, 15) is 9.90 Å². The minimum Gasteiger partial charge on any atom is -0.511 e. The number of aliphatic hydroxyl groups is 1. The number of aryl methyl sites for hydroxylation is 1. The largest absolute Gasteiger partial charge is 0.511 e. The number of allylic oxidation sites excluding steroid dienone is 2. The van der Waals surface area contributed by atoms with Crippen LogP contribution in [0.4, 0.5) is 0 Å². The first-order valence-corrected chi connectivity index (χ1v) is 8.19. The quantitative estimate of drug-likeness (QED) is 0.842. The third-order valence-electron chi connectivity index (χ3n) is 4.37. The van der Waals surface area contributed by atoms with E-state index in [-0.39, 0.29) is 17.5 Å². The molecule has 0 amide bonds. The van der Waals surface area contributed by atoms with E-state index in [0.717, 1.165) is 11.1 Å². The molecular weight excluding hydrogens is 298 g/mol. The highest BCUT2D eigenvalue weighted by molar-refractivity contribution is 6.14. The van der Waals surface area contributed by atoms with Gasteiger partial charge in [-0.25, -0.2) is 0 Å². The van der Waals surface area contributed by atoms with Crippen LogP contribution in [-0.2, 0) is 11.3 Å². The zero-order chi connectivity index (χ0) is 16.9. The molecule has 122 valence electrons. The van der Waals surface area contributed by atoms with Crippen molar-refractivity contribution >= 4 is 12.0 Å². The highest BCUT2D eigenvalue weighted by atomic mass is 16.3. The lowest BCUT2D eigenvalue weighted by molar-refractivity contribution is -0.116. The first-order valence-electron chi connectivity index (χ1n) is 8.19. The van der Waals surface area contributed by atoms with Crippen molar-refractivity contribution in [3.63, 3.8) is 0 Å². The number of ketones is 1. The molecule has 3 rings (SSSR count). The predicted octanol–water partition coefficient (Wildman–Crippen LogP) is 4.52. The van der Waals surface area contributed by atoms with Crippen LogP contribution in [-0.4, -0.2) is 17.1 Å². The number of hydrogen-bond donors (Lipinski definition) is 1. The van der Waals surface area contributed by atoms with Crippen molar-refractivity contribution in [1.29, 1.82) is 0 Å². The molecule has 0 saturated carbocycles. The topological polar surface area (TPSA) is 49.7 Å². The third-order valence-corrected chi connectivity index (χ3v) is 4.37. The van der Waals surface area contributed by atoms with Gasteiger partial charge >= 0.3 is 0 Å². The molecule has 24 heavy (non-hydrogen) atoms. The van der Waals surface area contributed by atoms with Gasteiger partial charge in [-0.1, -0.05) is 60.2 Å². The van der Waals surface area contributed by atoms with E-state index >= 15 is 0 Å². The lowest BCUT2D eigenvalue weighted by atomic mass is 9.83. The number of rotatable bonds is 4. The number of Topliss-reactive ketones (excluding diaryl/α,β-unsaturated/α-hetero) is 1. The highest BCUT2D eigenvalue weighted by Gasteiger charge is 2.27. The third kappa shape index (κ3) is 3.80. The van der Waals surface area contributed by atoms with Crippen molar-refractivity contribution in [1.82, 2.24) is 0 Å². The Balaban J connectivity index is 1.71. The second kappa shape index (κ2) is 7.26. The summed E-state index contributed by atoms with van der Waals surface area (Å²) in [5.41, 5.74) is 3.72. The maximum Gasteiger partial charge on any atom is 0.168 e. The van der Waals surface area contributed by atoms with E-state index in [4.69, 9.17) is 0 Å². The van der Waals surface area contributed by atoms with Gasteiger partial charge in [-0.15, -0.1) is 0 Å². The van der Waals surface area contributed by atoms with Gasteiger partial charge < -0.3 is 5.11 Å². The lowest BCUT2D eigenvalue weighted by Crippen LogP contribution is -2.19. The van der Waals surface area contributed by atoms with Gasteiger partial charge in [0.2, 0.25) is 0 Å². The van der Waals surface area contributed by atoms with Crippen LogP contribution in [0.25, 0.3) is 0 Å². The normalized spacial score (nSPS) is 18.4. The Morgan fingerprint density at radius 2 is 1.79 bits per heavy atom. The molecule has 1 aliphatic carbocycles. The molecule has 2 aromatic carbocycles. The number of benzene rings is 2. The van der Waals surface area contributed by atoms with E-state index in [1.807, 2.05) is 61.5 Å². The first-order chi connectivity index (χ1) is 11.6. The molecule has 0 radical (unpaired) electrons. The molecule has 1 aliphatic rings. The molecule has 0 bridgehead atoms.